The molecule has 0 spiro atoms. The number of piperidine rings is 1. The number of hydrogen-bond donors (Lipinski definition) is 1. The van der Waals surface area contributed by atoms with Gasteiger partial charge in [0.2, 0.25) is 5.76 Å². The molecule has 0 saturated carbocycles. The van der Waals surface area contributed by atoms with Gasteiger partial charge in [0.15, 0.2) is 0 Å². The first-order valence-electron chi connectivity index (χ1n) is 4.73. The lowest BCUT2D eigenvalue weighted by Crippen LogP contribution is -2.45. The molecule has 1 aromatic heterocycles. The standard InChI is InChI=1S/C9H13N3O2/c10-7-2-1-5-12(6-7)9(13)8-3-4-11-14-8/h3-4,7H,1-2,5-6,10H2. The first-order valence-corrected chi connectivity index (χ1v) is 4.73. The Morgan fingerprint density at radius 1 is 1.71 bits per heavy atom. The number of carbonyl (C=O) groups is 1. The molecule has 0 aromatic carbocycles. The van der Waals surface area contributed by atoms with Crippen LogP contribution in [0.3, 0.4) is 0 Å². The van der Waals surface area contributed by atoms with E-state index in [0.717, 1.165) is 19.4 Å². The van der Waals surface area contributed by atoms with E-state index in [9.17, 15) is 4.79 Å². The van der Waals surface area contributed by atoms with E-state index in [2.05, 4.69) is 5.16 Å². The van der Waals surface area contributed by atoms with Crippen LogP contribution in [0.5, 0.6) is 0 Å². The van der Waals surface area contributed by atoms with Gasteiger partial charge in [-0.15, -0.1) is 0 Å². The van der Waals surface area contributed by atoms with E-state index in [1.54, 1.807) is 11.0 Å². The summed E-state index contributed by atoms with van der Waals surface area (Å²) in [6.45, 7) is 1.37. The summed E-state index contributed by atoms with van der Waals surface area (Å²) in [7, 11) is 0. The fourth-order valence-electron chi connectivity index (χ4n) is 1.68. The van der Waals surface area contributed by atoms with E-state index in [-0.39, 0.29) is 11.9 Å². The topological polar surface area (TPSA) is 72.4 Å². The molecule has 5 heteroatoms. The Bertz CT molecular complexity index is 310. The second-order valence-electron chi connectivity index (χ2n) is 3.53. The van der Waals surface area contributed by atoms with Crippen LogP contribution >= 0.6 is 0 Å². The van der Waals surface area contributed by atoms with E-state index in [0.29, 0.717) is 12.3 Å². The largest absolute Gasteiger partial charge is 0.351 e. The molecule has 1 saturated heterocycles. The third kappa shape index (κ3) is 1.77. The van der Waals surface area contributed by atoms with E-state index in [1.165, 1.54) is 6.20 Å². The molecule has 2 N–H and O–H groups in total. The minimum absolute atomic E-state index is 0.0932. The number of rotatable bonds is 1. The molecule has 1 amide bonds. The van der Waals surface area contributed by atoms with Gasteiger partial charge in [-0.2, -0.15) is 0 Å². The van der Waals surface area contributed by atoms with E-state index in [1.807, 2.05) is 0 Å². The molecule has 0 aliphatic carbocycles. The Hall–Kier alpha value is -1.36. The highest BCUT2D eigenvalue weighted by Gasteiger charge is 2.24. The van der Waals surface area contributed by atoms with Gasteiger partial charge in [0.05, 0.1) is 6.20 Å². The summed E-state index contributed by atoms with van der Waals surface area (Å²) in [4.78, 5) is 13.5. The van der Waals surface area contributed by atoms with E-state index < -0.39 is 0 Å². The zero-order valence-electron chi connectivity index (χ0n) is 7.85. The van der Waals surface area contributed by atoms with Crippen LogP contribution in [0.2, 0.25) is 0 Å². The lowest BCUT2D eigenvalue weighted by molar-refractivity contribution is 0.0667. The molecular weight excluding hydrogens is 182 g/mol. The van der Waals surface area contributed by atoms with E-state index in [4.69, 9.17) is 10.3 Å². The van der Waals surface area contributed by atoms with Crippen molar-refractivity contribution in [3.05, 3.63) is 18.0 Å². The van der Waals surface area contributed by atoms with Crippen molar-refractivity contribution in [3.63, 3.8) is 0 Å². The van der Waals surface area contributed by atoms with Crippen LogP contribution in [-0.4, -0.2) is 35.1 Å². The van der Waals surface area contributed by atoms with Gasteiger partial charge >= 0.3 is 0 Å². The maximum atomic E-state index is 11.7. The summed E-state index contributed by atoms with van der Waals surface area (Å²) in [5.41, 5.74) is 5.78. The summed E-state index contributed by atoms with van der Waals surface area (Å²) in [6.07, 6.45) is 3.42. The molecule has 1 unspecified atom stereocenters. The third-order valence-corrected chi connectivity index (χ3v) is 2.39. The lowest BCUT2D eigenvalue weighted by Gasteiger charge is -2.29. The van der Waals surface area contributed by atoms with Crippen LogP contribution in [0.15, 0.2) is 16.8 Å². The fourth-order valence-corrected chi connectivity index (χ4v) is 1.68. The number of aromatic nitrogens is 1. The van der Waals surface area contributed by atoms with Gasteiger partial charge in [-0.3, -0.25) is 4.79 Å². The molecule has 0 radical (unpaired) electrons. The van der Waals surface area contributed by atoms with Crippen LogP contribution in [0.1, 0.15) is 23.4 Å². The van der Waals surface area contributed by atoms with Crippen LogP contribution in [0.4, 0.5) is 0 Å². The average Bonchev–Trinajstić information content (AvgIpc) is 2.69. The zero-order chi connectivity index (χ0) is 9.97. The summed E-state index contributed by atoms with van der Waals surface area (Å²) in [5, 5.41) is 3.50. The second kappa shape index (κ2) is 3.79. The van der Waals surface area contributed by atoms with Gasteiger partial charge in [0.25, 0.3) is 5.91 Å². The Morgan fingerprint density at radius 3 is 3.21 bits per heavy atom. The van der Waals surface area contributed by atoms with Gasteiger partial charge in [-0.05, 0) is 12.8 Å². The van der Waals surface area contributed by atoms with Crippen LogP contribution in [0, 0.1) is 0 Å². The highest BCUT2D eigenvalue weighted by Crippen LogP contribution is 2.11. The number of nitrogens with zero attached hydrogens (tertiary/aromatic N) is 2. The van der Waals surface area contributed by atoms with Gasteiger partial charge in [0.1, 0.15) is 0 Å². The minimum Gasteiger partial charge on any atom is -0.351 e. The average molecular weight is 195 g/mol. The Balaban J connectivity index is 2.04. The molecule has 2 heterocycles. The molecule has 14 heavy (non-hydrogen) atoms. The lowest BCUT2D eigenvalue weighted by atomic mass is 10.1. The number of amides is 1. The van der Waals surface area contributed by atoms with E-state index >= 15 is 0 Å². The number of likely N-dealkylation sites (tertiary alicyclic amines) is 1. The number of hydrogen-bond acceptors (Lipinski definition) is 4. The quantitative estimate of drug-likeness (QED) is 0.696. The second-order valence-corrected chi connectivity index (χ2v) is 3.53. The first-order chi connectivity index (χ1) is 6.77. The molecule has 1 aromatic rings. The van der Waals surface area contributed by atoms with Gasteiger partial charge in [-0.1, -0.05) is 5.16 Å². The normalized spacial score (nSPS) is 22.4. The van der Waals surface area contributed by atoms with Gasteiger partial charge < -0.3 is 15.2 Å². The van der Waals surface area contributed by atoms with Crippen molar-refractivity contribution in [2.45, 2.75) is 18.9 Å². The number of carbonyl (C=O) groups excluding carboxylic acids is 1. The SMILES string of the molecule is NC1CCCN(C(=O)c2ccno2)C1. The van der Waals surface area contributed by atoms with Crippen molar-refractivity contribution in [1.29, 1.82) is 0 Å². The molecule has 5 nitrogen and oxygen atoms in total. The van der Waals surface area contributed by atoms with Crippen molar-refractivity contribution in [2.24, 2.45) is 5.73 Å². The predicted molar refractivity (Wildman–Crippen MR) is 49.6 cm³/mol. The Morgan fingerprint density at radius 2 is 2.57 bits per heavy atom. The minimum atomic E-state index is -0.113. The van der Waals surface area contributed by atoms with Gasteiger partial charge in [0, 0.05) is 25.2 Å². The molecule has 76 valence electrons. The van der Waals surface area contributed by atoms with Crippen LogP contribution in [0.25, 0.3) is 0 Å². The van der Waals surface area contributed by atoms with Crippen LogP contribution < -0.4 is 5.73 Å². The highest BCUT2D eigenvalue weighted by atomic mass is 16.5. The van der Waals surface area contributed by atoms with Gasteiger partial charge in [-0.25, -0.2) is 0 Å². The first kappa shape index (κ1) is 9.21. The third-order valence-electron chi connectivity index (χ3n) is 2.39. The van der Waals surface area contributed by atoms with Crippen molar-refractivity contribution in [3.8, 4) is 0 Å². The molecule has 1 aliphatic rings. The smallest absolute Gasteiger partial charge is 0.292 e. The fraction of sp³-hybridized carbons (Fsp3) is 0.556. The summed E-state index contributed by atoms with van der Waals surface area (Å²) >= 11 is 0. The highest BCUT2D eigenvalue weighted by molar-refractivity contribution is 5.91. The maximum Gasteiger partial charge on any atom is 0.292 e. The Labute approximate surface area is 81.8 Å². The molecule has 1 aliphatic heterocycles. The molecular formula is C9H13N3O2. The summed E-state index contributed by atoms with van der Waals surface area (Å²) in [6, 6.07) is 1.67. The molecule has 2 rings (SSSR count). The number of nitrogens with two attached hydrogens (primary N) is 1. The van der Waals surface area contributed by atoms with Crippen LogP contribution in [-0.2, 0) is 0 Å². The molecule has 0 bridgehead atoms. The maximum absolute atomic E-state index is 11.7. The Kier molecular flexibility index (Phi) is 2.49. The molecule has 1 fully saturated rings. The van der Waals surface area contributed by atoms with Crippen molar-refractivity contribution < 1.29 is 9.32 Å². The van der Waals surface area contributed by atoms with Crippen molar-refractivity contribution in [2.75, 3.05) is 13.1 Å². The summed E-state index contributed by atoms with van der Waals surface area (Å²) in [5.74, 6) is 0.178. The summed E-state index contributed by atoms with van der Waals surface area (Å²) < 4.78 is 4.80. The van der Waals surface area contributed by atoms with Crippen molar-refractivity contribution in [1.82, 2.24) is 10.1 Å². The molecule has 1 atom stereocenters. The van der Waals surface area contributed by atoms with Crippen molar-refractivity contribution >= 4 is 5.91 Å². The monoisotopic (exact) mass is 195 g/mol. The predicted octanol–water partition coefficient (Wildman–Crippen LogP) is 0.238. The zero-order valence-corrected chi connectivity index (χ0v) is 7.85.